The topological polar surface area (TPSA) is 95.8 Å². The lowest BCUT2D eigenvalue weighted by Gasteiger charge is -2.35. The Balaban J connectivity index is 1.60. The molecule has 1 fully saturated rings. The van der Waals surface area contributed by atoms with E-state index in [4.69, 9.17) is 0 Å². The summed E-state index contributed by atoms with van der Waals surface area (Å²) in [7, 11) is 0. The molecule has 0 saturated carbocycles. The quantitative estimate of drug-likeness (QED) is 0.516. The maximum Gasteiger partial charge on any atom is 0.314 e. The van der Waals surface area contributed by atoms with Crippen LogP contribution in [-0.2, 0) is 9.59 Å². The van der Waals surface area contributed by atoms with Gasteiger partial charge in [0.1, 0.15) is 5.69 Å². The van der Waals surface area contributed by atoms with Crippen LogP contribution in [0.5, 0.6) is 0 Å². The molecule has 8 heteroatoms. The van der Waals surface area contributed by atoms with E-state index in [9.17, 15) is 19.7 Å². The van der Waals surface area contributed by atoms with Gasteiger partial charge >= 0.3 is 11.8 Å². The summed E-state index contributed by atoms with van der Waals surface area (Å²) in [5.74, 6) is -1.55. The van der Waals surface area contributed by atoms with Gasteiger partial charge in [-0.2, -0.15) is 0 Å². The second-order valence-corrected chi connectivity index (χ2v) is 5.84. The average molecular weight is 354 g/mol. The number of amides is 2. The van der Waals surface area contributed by atoms with Crippen LogP contribution in [0.15, 0.2) is 54.6 Å². The zero-order valence-electron chi connectivity index (χ0n) is 14.0. The predicted molar refractivity (Wildman–Crippen MR) is 97.0 cm³/mol. The third-order valence-corrected chi connectivity index (χ3v) is 4.23. The molecular weight excluding hydrogens is 336 g/mol. The smallest absolute Gasteiger partial charge is 0.314 e. The molecule has 2 aromatic carbocycles. The molecule has 0 bridgehead atoms. The molecule has 0 aliphatic carbocycles. The van der Waals surface area contributed by atoms with E-state index < -0.39 is 16.7 Å². The van der Waals surface area contributed by atoms with Crippen LogP contribution in [0.1, 0.15) is 0 Å². The molecular formula is C18H18N4O4. The van der Waals surface area contributed by atoms with Gasteiger partial charge in [-0.25, -0.2) is 0 Å². The number of para-hydroxylation sites is 3. The number of nitrogens with zero attached hydrogens (tertiary/aromatic N) is 3. The molecule has 1 N–H and O–H groups in total. The van der Waals surface area contributed by atoms with Crippen molar-refractivity contribution in [1.82, 2.24) is 4.90 Å². The van der Waals surface area contributed by atoms with Crippen molar-refractivity contribution < 1.29 is 14.5 Å². The summed E-state index contributed by atoms with van der Waals surface area (Å²) in [6.45, 7) is 2.07. The van der Waals surface area contributed by atoms with Crippen LogP contribution in [0.3, 0.4) is 0 Å². The Morgan fingerprint density at radius 2 is 1.54 bits per heavy atom. The number of nitrogens with one attached hydrogen (secondary N) is 1. The van der Waals surface area contributed by atoms with Crippen LogP contribution in [0.25, 0.3) is 0 Å². The van der Waals surface area contributed by atoms with Gasteiger partial charge in [-0.3, -0.25) is 19.7 Å². The summed E-state index contributed by atoms with van der Waals surface area (Å²) < 4.78 is 0. The zero-order valence-corrected chi connectivity index (χ0v) is 14.0. The highest BCUT2D eigenvalue weighted by molar-refractivity contribution is 6.39. The Bertz CT molecular complexity index is 817. The number of nitro groups is 1. The molecule has 0 unspecified atom stereocenters. The number of anilines is 2. The largest absolute Gasteiger partial charge is 0.368 e. The fraction of sp³-hybridized carbons (Fsp3) is 0.222. The van der Waals surface area contributed by atoms with Gasteiger partial charge < -0.3 is 15.1 Å². The molecule has 0 aromatic heterocycles. The van der Waals surface area contributed by atoms with E-state index >= 15 is 0 Å². The van der Waals surface area contributed by atoms with Crippen molar-refractivity contribution >= 4 is 28.9 Å². The fourth-order valence-corrected chi connectivity index (χ4v) is 2.86. The Hall–Kier alpha value is -3.42. The summed E-state index contributed by atoms with van der Waals surface area (Å²) in [6, 6.07) is 15.6. The number of piperazine rings is 1. The lowest BCUT2D eigenvalue weighted by Crippen LogP contribution is -2.51. The van der Waals surface area contributed by atoms with E-state index in [1.807, 2.05) is 30.3 Å². The Kier molecular flexibility index (Phi) is 5.12. The van der Waals surface area contributed by atoms with E-state index in [1.165, 1.54) is 23.1 Å². The summed E-state index contributed by atoms with van der Waals surface area (Å²) in [5.41, 5.74) is 0.838. The van der Waals surface area contributed by atoms with E-state index in [-0.39, 0.29) is 11.4 Å². The van der Waals surface area contributed by atoms with Gasteiger partial charge in [-0.1, -0.05) is 30.3 Å². The number of carbonyl (C=O) groups is 2. The van der Waals surface area contributed by atoms with E-state index in [0.29, 0.717) is 26.2 Å². The summed E-state index contributed by atoms with van der Waals surface area (Å²) in [6.07, 6.45) is 0. The minimum atomic E-state index is -0.868. The molecule has 0 spiro atoms. The molecule has 1 heterocycles. The van der Waals surface area contributed by atoms with Gasteiger partial charge in [0, 0.05) is 37.9 Å². The van der Waals surface area contributed by atoms with Crippen LogP contribution in [0.2, 0.25) is 0 Å². The van der Waals surface area contributed by atoms with Crippen molar-refractivity contribution in [2.75, 3.05) is 36.4 Å². The Morgan fingerprint density at radius 1 is 0.923 bits per heavy atom. The molecule has 8 nitrogen and oxygen atoms in total. The monoisotopic (exact) mass is 354 g/mol. The SMILES string of the molecule is O=C(Nc1ccccc1[N+](=O)[O-])C(=O)N1CCN(c2ccccc2)CC1. The van der Waals surface area contributed by atoms with Gasteiger partial charge in [-0.05, 0) is 18.2 Å². The minimum Gasteiger partial charge on any atom is -0.368 e. The van der Waals surface area contributed by atoms with Crippen LogP contribution in [0, 0.1) is 10.1 Å². The molecule has 3 rings (SSSR count). The number of rotatable bonds is 3. The van der Waals surface area contributed by atoms with Crippen molar-refractivity contribution in [2.45, 2.75) is 0 Å². The van der Waals surface area contributed by atoms with E-state index in [1.54, 1.807) is 6.07 Å². The normalized spacial score (nSPS) is 14.0. The summed E-state index contributed by atoms with van der Waals surface area (Å²) in [4.78, 5) is 38.6. The van der Waals surface area contributed by atoms with Crippen LogP contribution in [0.4, 0.5) is 17.1 Å². The van der Waals surface area contributed by atoms with Crippen molar-refractivity contribution in [3.8, 4) is 0 Å². The molecule has 0 radical (unpaired) electrons. The highest BCUT2D eigenvalue weighted by atomic mass is 16.6. The summed E-state index contributed by atoms with van der Waals surface area (Å²) in [5, 5.41) is 13.3. The molecule has 2 amide bonds. The van der Waals surface area contributed by atoms with Crippen LogP contribution < -0.4 is 10.2 Å². The first-order chi connectivity index (χ1) is 12.6. The Labute approximate surface area is 150 Å². The molecule has 0 atom stereocenters. The first-order valence-corrected chi connectivity index (χ1v) is 8.20. The minimum absolute atomic E-state index is 0.0128. The zero-order chi connectivity index (χ0) is 18.5. The molecule has 26 heavy (non-hydrogen) atoms. The van der Waals surface area contributed by atoms with E-state index in [2.05, 4.69) is 10.2 Å². The first kappa shape index (κ1) is 17.4. The van der Waals surface area contributed by atoms with Gasteiger partial charge in [0.15, 0.2) is 0 Å². The third kappa shape index (κ3) is 3.80. The number of benzene rings is 2. The molecule has 1 aliphatic rings. The number of nitro benzene ring substituents is 1. The fourth-order valence-electron chi connectivity index (χ4n) is 2.86. The lowest BCUT2D eigenvalue weighted by molar-refractivity contribution is -0.383. The molecule has 2 aromatic rings. The lowest BCUT2D eigenvalue weighted by atomic mass is 10.2. The van der Waals surface area contributed by atoms with Crippen molar-refractivity contribution in [3.05, 3.63) is 64.7 Å². The van der Waals surface area contributed by atoms with Crippen LogP contribution >= 0.6 is 0 Å². The van der Waals surface area contributed by atoms with Crippen molar-refractivity contribution in [1.29, 1.82) is 0 Å². The maximum absolute atomic E-state index is 12.4. The molecule has 134 valence electrons. The third-order valence-electron chi connectivity index (χ3n) is 4.23. The average Bonchev–Trinajstić information content (AvgIpc) is 2.68. The van der Waals surface area contributed by atoms with Gasteiger partial charge in [0.2, 0.25) is 0 Å². The molecule has 1 saturated heterocycles. The maximum atomic E-state index is 12.4. The summed E-state index contributed by atoms with van der Waals surface area (Å²) >= 11 is 0. The standard InChI is InChI=1S/C18H18N4O4/c23-17(19-15-8-4-5-9-16(15)22(25)26)18(24)21-12-10-20(11-13-21)14-6-2-1-3-7-14/h1-9H,10-13H2,(H,19,23). The second kappa shape index (κ2) is 7.64. The highest BCUT2D eigenvalue weighted by Gasteiger charge is 2.27. The number of hydrogen-bond acceptors (Lipinski definition) is 5. The van der Waals surface area contributed by atoms with Gasteiger partial charge in [-0.15, -0.1) is 0 Å². The number of carbonyl (C=O) groups excluding carboxylic acids is 2. The van der Waals surface area contributed by atoms with E-state index in [0.717, 1.165) is 5.69 Å². The predicted octanol–water partition coefficient (Wildman–Crippen LogP) is 1.88. The van der Waals surface area contributed by atoms with Crippen molar-refractivity contribution in [2.24, 2.45) is 0 Å². The van der Waals surface area contributed by atoms with Crippen LogP contribution in [-0.4, -0.2) is 47.8 Å². The first-order valence-electron chi connectivity index (χ1n) is 8.20. The molecule has 1 aliphatic heterocycles. The van der Waals surface area contributed by atoms with Gasteiger partial charge in [0.05, 0.1) is 4.92 Å². The van der Waals surface area contributed by atoms with Crippen molar-refractivity contribution in [3.63, 3.8) is 0 Å². The number of hydrogen-bond donors (Lipinski definition) is 1. The highest BCUT2D eigenvalue weighted by Crippen LogP contribution is 2.23. The van der Waals surface area contributed by atoms with Gasteiger partial charge in [0.25, 0.3) is 5.69 Å². The second-order valence-electron chi connectivity index (χ2n) is 5.84. The Morgan fingerprint density at radius 3 is 2.19 bits per heavy atom.